The van der Waals surface area contributed by atoms with E-state index in [1.165, 1.54) is 11.9 Å². The molecule has 0 aromatic carbocycles. The molecule has 0 fully saturated rings. The summed E-state index contributed by atoms with van der Waals surface area (Å²) in [5, 5.41) is 10.5. The van der Waals surface area contributed by atoms with Crippen molar-refractivity contribution < 1.29 is 5.11 Å². The van der Waals surface area contributed by atoms with Crippen molar-refractivity contribution in [2.75, 3.05) is 13.1 Å². The summed E-state index contributed by atoms with van der Waals surface area (Å²) in [5.74, 6) is 0. The average Bonchev–Trinajstić information content (AvgIpc) is 2.15. The summed E-state index contributed by atoms with van der Waals surface area (Å²) in [6.07, 6.45) is 1.72. The summed E-state index contributed by atoms with van der Waals surface area (Å²) < 4.78 is 1.87. The molecule has 1 aliphatic rings. The highest BCUT2D eigenvalue weighted by atomic mass is 32.2. The summed E-state index contributed by atoms with van der Waals surface area (Å²) in [4.78, 5) is 3.96. The minimum Gasteiger partial charge on any atom is -0.303 e. The van der Waals surface area contributed by atoms with Gasteiger partial charge in [-0.1, -0.05) is 0 Å². The normalized spacial score (nSPS) is 20.9. The van der Waals surface area contributed by atoms with Crippen LogP contribution in [0.4, 0.5) is 0 Å². The first-order valence-corrected chi connectivity index (χ1v) is 3.72. The molecule has 1 rings (SSSR count). The number of nitrogens with zero attached hydrogens (tertiary/aromatic N) is 2. The van der Waals surface area contributed by atoms with E-state index in [9.17, 15) is 5.11 Å². The summed E-state index contributed by atoms with van der Waals surface area (Å²) >= 11 is 1.29. The zero-order chi connectivity index (χ0) is 6.69. The van der Waals surface area contributed by atoms with Crippen LogP contribution < -0.4 is 0 Å². The number of aliphatic imine (C=N–C) groups is 1. The predicted octanol–water partition coefficient (Wildman–Crippen LogP) is 0.755. The van der Waals surface area contributed by atoms with Gasteiger partial charge < -0.3 is 4.31 Å². The van der Waals surface area contributed by atoms with Gasteiger partial charge in [0.05, 0.1) is 19.4 Å². The number of hydrogen-bond donors (Lipinski definition) is 0. The lowest BCUT2D eigenvalue weighted by molar-refractivity contribution is 0.178. The third-order valence-electron chi connectivity index (χ3n) is 0.944. The largest absolute Gasteiger partial charge is 0.303 e. The molecular formula is C5H9N2OS. The molecule has 0 N–H and O–H groups in total. The molecule has 1 radical (unpaired) electrons. The molecule has 4 heteroatoms. The van der Waals surface area contributed by atoms with Crippen LogP contribution in [0.15, 0.2) is 4.99 Å². The molecule has 3 nitrogen and oxygen atoms in total. The molecule has 0 bridgehead atoms. The van der Waals surface area contributed by atoms with Crippen molar-refractivity contribution in [1.82, 2.24) is 4.31 Å². The van der Waals surface area contributed by atoms with Gasteiger partial charge in [0.1, 0.15) is 0 Å². The van der Waals surface area contributed by atoms with Gasteiger partial charge in [-0.3, -0.25) is 4.99 Å². The Hall–Kier alpha value is -0.220. The van der Waals surface area contributed by atoms with E-state index in [0.29, 0.717) is 0 Å². The van der Waals surface area contributed by atoms with Crippen molar-refractivity contribution in [2.45, 2.75) is 12.4 Å². The van der Waals surface area contributed by atoms with Gasteiger partial charge >= 0.3 is 0 Å². The van der Waals surface area contributed by atoms with Crippen molar-refractivity contribution in [1.29, 1.82) is 0 Å². The van der Waals surface area contributed by atoms with E-state index in [1.54, 1.807) is 13.3 Å². The van der Waals surface area contributed by atoms with Crippen molar-refractivity contribution in [3.05, 3.63) is 0 Å². The van der Waals surface area contributed by atoms with Crippen molar-refractivity contribution >= 4 is 18.3 Å². The van der Waals surface area contributed by atoms with E-state index < -0.39 is 5.44 Å². The Morgan fingerprint density at radius 1 is 1.89 bits per heavy atom. The van der Waals surface area contributed by atoms with Crippen LogP contribution in [0, 0.1) is 0 Å². The van der Waals surface area contributed by atoms with Crippen LogP contribution in [0.1, 0.15) is 6.92 Å². The van der Waals surface area contributed by atoms with Crippen molar-refractivity contribution in [3.8, 4) is 0 Å². The molecular weight excluding hydrogens is 136 g/mol. The maximum Gasteiger partial charge on any atom is 0.155 e. The summed E-state index contributed by atoms with van der Waals surface area (Å²) in [6, 6.07) is 0. The zero-order valence-corrected chi connectivity index (χ0v) is 6.10. The Morgan fingerprint density at radius 3 is 3.11 bits per heavy atom. The van der Waals surface area contributed by atoms with Crippen LogP contribution in [0.2, 0.25) is 0 Å². The van der Waals surface area contributed by atoms with Crippen molar-refractivity contribution in [3.63, 3.8) is 0 Å². The number of hydrogen-bond acceptors (Lipinski definition) is 3. The van der Waals surface area contributed by atoms with Gasteiger partial charge in [-0.15, -0.1) is 0 Å². The molecule has 1 unspecified atom stereocenters. The van der Waals surface area contributed by atoms with Gasteiger partial charge in [0.2, 0.25) is 0 Å². The Bertz CT molecular complexity index is 116. The monoisotopic (exact) mass is 145 g/mol. The quantitative estimate of drug-likeness (QED) is 0.424. The van der Waals surface area contributed by atoms with E-state index in [2.05, 4.69) is 4.99 Å². The van der Waals surface area contributed by atoms with Crippen LogP contribution >= 0.6 is 11.9 Å². The van der Waals surface area contributed by atoms with Crippen LogP contribution in [0.5, 0.6) is 0 Å². The summed E-state index contributed by atoms with van der Waals surface area (Å²) in [7, 11) is 0. The smallest absolute Gasteiger partial charge is 0.155 e. The van der Waals surface area contributed by atoms with E-state index in [4.69, 9.17) is 0 Å². The van der Waals surface area contributed by atoms with Gasteiger partial charge in [-0.25, -0.2) is 5.11 Å². The first-order chi connectivity index (χ1) is 4.29. The Balaban J connectivity index is 2.20. The minimum absolute atomic E-state index is 0.574. The van der Waals surface area contributed by atoms with Gasteiger partial charge in [-0.05, 0) is 18.9 Å². The highest BCUT2D eigenvalue weighted by Gasteiger charge is 2.08. The predicted molar refractivity (Wildman–Crippen MR) is 37.8 cm³/mol. The van der Waals surface area contributed by atoms with Crippen LogP contribution in [0.25, 0.3) is 0 Å². The minimum atomic E-state index is -0.574. The molecule has 1 heterocycles. The fourth-order valence-corrected chi connectivity index (χ4v) is 1.32. The molecule has 0 aliphatic carbocycles. The van der Waals surface area contributed by atoms with E-state index in [0.717, 1.165) is 13.1 Å². The molecule has 0 spiro atoms. The molecule has 1 aliphatic heterocycles. The second-order valence-corrected chi connectivity index (χ2v) is 3.18. The standard InChI is InChI=1S/C5H9N2OS/c1-5(8)9-7-3-2-6-4-7/h4-5H,2-3H2,1H3. The Labute approximate surface area is 58.9 Å². The molecule has 0 saturated heterocycles. The molecule has 0 saturated carbocycles. The van der Waals surface area contributed by atoms with E-state index >= 15 is 0 Å². The van der Waals surface area contributed by atoms with Gasteiger partial charge in [0, 0.05) is 0 Å². The third-order valence-corrected chi connectivity index (χ3v) is 1.79. The average molecular weight is 145 g/mol. The van der Waals surface area contributed by atoms with Crippen molar-refractivity contribution in [2.24, 2.45) is 4.99 Å². The first kappa shape index (κ1) is 6.89. The highest BCUT2D eigenvalue weighted by Crippen LogP contribution is 2.14. The summed E-state index contributed by atoms with van der Waals surface area (Å²) in [6.45, 7) is 3.35. The van der Waals surface area contributed by atoms with Crippen LogP contribution in [0.3, 0.4) is 0 Å². The lowest BCUT2D eigenvalue weighted by atomic mass is 10.7. The summed E-state index contributed by atoms with van der Waals surface area (Å²) in [5.41, 5.74) is -0.574. The first-order valence-electron chi connectivity index (χ1n) is 2.88. The molecule has 1 atom stereocenters. The lowest BCUT2D eigenvalue weighted by Crippen LogP contribution is -2.13. The van der Waals surface area contributed by atoms with Gasteiger partial charge in [0.15, 0.2) is 5.44 Å². The van der Waals surface area contributed by atoms with Crippen LogP contribution in [-0.4, -0.2) is 29.2 Å². The molecule has 51 valence electrons. The third kappa shape index (κ3) is 2.24. The van der Waals surface area contributed by atoms with Crippen LogP contribution in [-0.2, 0) is 5.11 Å². The Kier molecular flexibility index (Phi) is 2.36. The van der Waals surface area contributed by atoms with E-state index in [1.807, 2.05) is 4.31 Å². The van der Waals surface area contributed by atoms with Gasteiger partial charge in [-0.2, -0.15) is 0 Å². The topological polar surface area (TPSA) is 35.5 Å². The second kappa shape index (κ2) is 3.08. The fourth-order valence-electron chi connectivity index (χ4n) is 0.633. The second-order valence-electron chi connectivity index (χ2n) is 1.84. The molecule has 0 amide bonds. The maximum atomic E-state index is 10.5. The van der Waals surface area contributed by atoms with Gasteiger partial charge in [0.25, 0.3) is 0 Å². The maximum absolute atomic E-state index is 10.5. The zero-order valence-electron chi connectivity index (χ0n) is 5.28. The molecule has 0 aromatic heterocycles. The SMILES string of the molecule is CC([O])SN1C=NCC1. The lowest BCUT2D eigenvalue weighted by Gasteiger charge is -2.11. The fraction of sp³-hybridized carbons (Fsp3) is 0.800. The number of rotatable bonds is 2. The van der Waals surface area contributed by atoms with E-state index in [-0.39, 0.29) is 0 Å². The molecule has 9 heavy (non-hydrogen) atoms. The Morgan fingerprint density at radius 2 is 2.67 bits per heavy atom. The molecule has 0 aromatic rings. The highest BCUT2D eigenvalue weighted by molar-refractivity contribution is 7.97.